The number of aromatic hydroxyl groups is 2. The molecular weight excluding hydrogens is 204 g/mol. The molecule has 0 amide bonds. The van der Waals surface area contributed by atoms with E-state index in [1.807, 2.05) is 0 Å². The summed E-state index contributed by atoms with van der Waals surface area (Å²) in [7, 11) is 1.49. The van der Waals surface area contributed by atoms with Crippen LogP contribution in [0.3, 0.4) is 0 Å². The number of phenolic OH excluding ortho intramolecular Hbond substituents is 2. The second-order valence-corrected chi connectivity index (χ2v) is 3.37. The average Bonchev–Trinajstić information content (AvgIpc) is 2.31. The van der Waals surface area contributed by atoms with Crippen molar-refractivity contribution < 1.29 is 14.9 Å². The van der Waals surface area contributed by atoms with Crippen LogP contribution in [0.25, 0.3) is 11.1 Å². The zero-order chi connectivity index (χ0) is 11.5. The molecular formula is C13H12O3. The van der Waals surface area contributed by atoms with Gasteiger partial charge in [0, 0.05) is 11.1 Å². The Labute approximate surface area is 93.6 Å². The maximum Gasteiger partial charge on any atom is 0.165 e. The maximum atomic E-state index is 9.93. The Hall–Kier alpha value is -2.16. The first-order valence-corrected chi connectivity index (χ1v) is 4.88. The van der Waals surface area contributed by atoms with E-state index in [0.717, 1.165) is 0 Å². The van der Waals surface area contributed by atoms with Gasteiger partial charge in [-0.25, -0.2) is 0 Å². The van der Waals surface area contributed by atoms with Gasteiger partial charge < -0.3 is 14.9 Å². The summed E-state index contributed by atoms with van der Waals surface area (Å²) in [5.74, 6) is 0.554. The molecule has 0 aliphatic heterocycles. The third kappa shape index (κ3) is 1.67. The molecule has 3 heteroatoms. The van der Waals surface area contributed by atoms with Gasteiger partial charge in [0.25, 0.3) is 0 Å². The lowest BCUT2D eigenvalue weighted by molar-refractivity contribution is 0.374. The van der Waals surface area contributed by atoms with Gasteiger partial charge in [0.15, 0.2) is 11.5 Å². The second-order valence-electron chi connectivity index (χ2n) is 3.37. The van der Waals surface area contributed by atoms with Gasteiger partial charge in [-0.2, -0.15) is 0 Å². The summed E-state index contributed by atoms with van der Waals surface area (Å²) >= 11 is 0. The third-order valence-corrected chi connectivity index (χ3v) is 2.41. The Morgan fingerprint density at radius 2 is 1.56 bits per heavy atom. The van der Waals surface area contributed by atoms with Gasteiger partial charge in [0.2, 0.25) is 0 Å². The smallest absolute Gasteiger partial charge is 0.165 e. The van der Waals surface area contributed by atoms with Gasteiger partial charge in [-0.3, -0.25) is 0 Å². The minimum atomic E-state index is 0.0338. The molecule has 16 heavy (non-hydrogen) atoms. The summed E-state index contributed by atoms with van der Waals surface area (Å²) in [4.78, 5) is 0. The Morgan fingerprint density at radius 3 is 2.25 bits per heavy atom. The summed E-state index contributed by atoms with van der Waals surface area (Å²) in [6, 6.07) is 12.0. The van der Waals surface area contributed by atoms with Crippen molar-refractivity contribution >= 4 is 0 Å². The predicted octanol–water partition coefficient (Wildman–Crippen LogP) is 2.77. The third-order valence-electron chi connectivity index (χ3n) is 2.41. The number of rotatable bonds is 2. The minimum absolute atomic E-state index is 0.0338. The topological polar surface area (TPSA) is 49.7 Å². The summed E-state index contributed by atoms with van der Waals surface area (Å²) in [5.41, 5.74) is 1.14. The second kappa shape index (κ2) is 4.14. The van der Waals surface area contributed by atoms with Crippen molar-refractivity contribution in [1.82, 2.24) is 0 Å². The zero-order valence-corrected chi connectivity index (χ0v) is 8.84. The predicted molar refractivity (Wildman–Crippen MR) is 61.8 cm³/mol. The van der Waals surface area contributed by atoms with E-state index in [-0.39, 0.29) is 11.5 Å². The number of hydrogen-bond acceptors (Lipinski definition) is 3. The molecule has 0 radical (unpaired) electrons. The largest absolute Gasteiger partial charge is 0.507 e. The lowest BCUT2D eigenvalue weighted by Crippen LogP contribution is -1.86. The molecule has 0 aromatic heterocycles. The van der Waals surface area contributed by atoms with Crippen LogP contribution in [0.15, 0.2) is 42.5 Å². The van der Waals surface area contributed by atoms with Gasteiger partial charge in [0.05, 0.1) is 7.11 Å². The highest BCUT2D eigenvalue weighted by Gasteiger charge is 2.11. The van der Waals surface area contributed by atoms with Gasteiger partial charge in [-0.1, -0.05) is 30.3 Å². The molecule has 0 atom stereocenters. The quantitative estimate of drug-likeness (QED) is 0.811. The summed E-state index contributed by atoms with van der Waals surface area (Å²) < 4.78 is 5.02. The summed E-state index contributed by atoms with van der Waals surface area (Å²) in [6.07, 6.45) is 0. The fourth-order valence-electron chi connectivity index (χ4n) is 1.61. The van der Waals surface area contributed by atoms with Crippen LogP contribution in [0.1, 0.15) is 0 Å². The monoisotopic (exact) mass is 216 g/mol. The molecule has 82 valence electrons. The molecule has 0 bridgehead atoms. The first-order chi connectivity index (χ1) is 7.74. The van der Waals surface area contributed by atoms with E-state index < -0.39 is 0 Å². The normalized spacial score (nSPS) is 10.1. The Morgan fingerprint density at radius 1 is 0.875 bits per heavy atom. The van der Waals surface area contributed by atoms with Crippen molar-refractivity contribution in [3.05, 3.63) is 42.5 Å². The van der Waals surface area contributed by atoms with Crippen molar-refractivity contribution in [3.63, 3.8) is 0 Å². The molecule has 0 aliphatic carbocycles. The van der Waals surface area contributed by atoms with Crippen LogP contribution in [-0.4, -0.2) is 17.3 Å². The summed E-state index contributed by atoms with van der Waals surface area (Å²) in [6.45, 7) is 0. The summed E-state index contributed by atoms with van der Waals surface area (Å²) in [5, 5.41) is 19.6. The molecule has 2 rings (SSSR count). The SMILES string of the molecule is COc1cccc(-c2ccccc2O)c1O. The lowest BCUT2D eigenvalue weighted by atomic mass is 10.0. The zero-order valence-electron chi connectivity index (χ0n) is 8.84. The molecule has 2 N–H and O–H groups in total. The molecule has 0 saturated carbocycles. The van der Waals surface area contributed by atoms with Crippen LogP contribution >= 0.6 is 0 Å². The van der Waals surface area contributed by atoms with Crippen LogP contribution in [-0.2, 0) is 0 Å². The Kier molecular flexibility index (Phi) is 2.68. The number of benzene rings is 2. The van der Waals surface area contributed by atoms with E-state index in [4.69, 9.17) is 4.74 Å². The van der Waals surface area contributed by atoms with E-state index in [0.29, 0.717) is 16.9 Å². The number of phenols is 2. The van der Waals surface area contributed by atoms with E-state index in [1.54, 1.807) is 42.5 Å². The van der Waals surface area contributed by atoms with Crippen LogP contribution < -0.4 is 4.74 Å². The average molecular weight is 216 g/mol. The molecule has 2 aromatic carbocycles. The first kappa shape index (κ1) is 10.4. The van der Waals surface area contributed by atoms with Crippen molar-refractivity contribution in [2.24, 2.45) is 0 Å². The maximum absolute atomic E-state index is 9.93. The number of para-hydroxylation sites is 2. The van der Waals surface area contributed by atoms with Gasteiger partial charge in [-0.15, -0.1) is 0 Å². The molecule has 0 unspecified atom stereocenters. The molecule has 3 nitrogen and oxygen atoms in total. The number of ether oxygens (including phenoxy) is 1. The van der Waals surface area contributed by atoms with Crippen LogP contribution in [0, 0.1) is 0 Å². The Balaban J connectivity index is 2.61. The highest BCUT2D eigenvalue weighted by molar-refractivity contribution is 5.77. The standard InChI is InChI=1S/C13H12O3/c1-16-12-8-4-6-10(13(12)15)9-5-2-3-7-11(9)14/h2-8,14-15H,1H3. The van der Waals surface area contributed by atoms with Crippen LogP contribution in [0.4, 0.5) is 0 Å². The highest BCUT2D eigenvalue weighted by Crippen LogP contribution is 2.39. The van der Waals surface area contributed by atoms with Crippen LogP contribution in [0.2, 0.25) is 0 Å². The van der Waals surface area contributed by atoms with Gasteiger partial charge >= 0.3 is 0 Å². The lowest BCUT2D eigenvalue weighted by Gasteiger charge is -2.09. The van der Waals surface area contributed by atoms with Crippen molar-refractivity contribution in [1.29, 1.82) is 0 Å². The molecule has 0 aliphatic rings. The van der Waals surface area contributed by atoms with E-state index in [2.05, 4.69) is 0 Å². The first-order valence-electron chi connectivity index (χ1n) is 4.88. The van der Waals surface area contributed by atoms with Crippen molar-refractivity contribution in [3.8, 4) is 28.4 Å². The molecule has 0 fully saturated rings. The highest BCUT2D eigenvalue weighted by atomic mass is 16.5. The fraction of sp³-hybridized carbons (Fsp3) is 0.0769. The number of hydrogen-bond donors (Lipinski definition) is 2. The van der Waals surface area contributed by atoms with Crippen molar-refractivity contribution in [2.75, 3.05) is 7.11 Å². The van der Waals surface area contributed by atoms with Crippen LogP contribution in [0.5, 0.6) is 17.2 Å². The molecule has 0 heterocycles. The fourth-order valence-corrected chi connectivity index (χ4v) is 1.61. The molecule has 0 spiro atoms. The van der Waals surface area contributed by atoms with Gasteiger partial charge in [0.1, 0.15) is 5.75 Å². The van der Waals surface area contributed by atoms with E-state index in [1.165, 1.54) is 7.11 Å². The molecule has 0 saturated heterocycles. The number of methoxy groups -OCH3 is 1. The van der Waals surface area contributed by atoms with Crippen molar-refractivity contribution in [2.45, 2.75) is 0 Å². The van der Waals surface area contributed by atoms with E-state index >= 15 is 0 Å². The van der Waals surface area contributed by atoms with E-state index in [9.17, 15) is 10.2 Å². The minimum Gasteiger partial charge on any atom is -0.507 e. The Bertz CT molecular complexity index is 506. The molecule has 2 aromatic rings. The van der Waals surface area contributed by atoms with Gasteiger partial charge in [-0.05, 0) is 12.1 Å².